The number of benzene rings is 1. The molecule has 262 valence electrons. The van der Waals surface area contributed by atoms with Gasteiger partial charge in [0.25, 0.3) is 5.56 Å². The van der Waals surface area contributed by atoms with Crippen LogP contribution in [-0.2, 0) is 58.5 Å². The summed E-state index contributed by atoms with van der Waals surface area (Å²) in [6.07, 6.45) is -0.616. The van der Waals surface area contributed by atoms with E-state index in [1.54, 1.807) is 49.6 Å². The summed E-state index contributed by atoms with van der Waals surface area (Å²) in [5.74, 6) is -1.77. The van der Waals surface area contributed by atoms with Crippen molar-refractivity contribution in [2.24, 2.45) is 5.92 Å². The van der Waals surface area contributed by atoms with Crippen molar-refractivity contribution >= 4 is 34.8 Å². The fraction of sp³-hybridized carbons (Fsp3) is 0.486. The maximum Gasteiger partial charge on any atom is 0.509 e. The number of aryl methyl sites for hydroxylation is 1. The van der Waals surface area contributed by atoms with Crippen LogP contribution in [0.5, 0.6) is 5.75 Å². The topological polar surface area (TPSA) is 184 Å². The molecule has 14 heteroatoms. The molecule has 0 saturated carbocycles. The van der Waals surface area contributed by atoms with Crippen LogP contribution in [0.4, 0.5) is 4.79 Å². The Morgan fingerprint density at radius 3 is 2.41 bits per heavy atom. The van der Waals surface area contributed by atoms with Gasteiger partial charge >= 0.3 is 12.1 Å². The van der Waals surface area contributed by atoms with E-state index in [0.717, 1.165) is 16.5 Å². The molecule has 4 heterocycles. The van der Waals surface area contributed by atoms with E-state index < -0.39 is 35.2 Å². The molecule has 2 aliphatic rings. The maximum absolute atomic E-state index is 13.9. The van der Waals surface area contributed by atoms with E-state index in [4.69, 9.17) is 23.9 Å². The molecule has 2 atom stereocenters. The van der Waals surface area contributed by atoms with Crippen molar-refractivity contribution in [2.45, 2.75) is 85.2 Å². The van der Waals surface area contributed by atoms with Crippen molar-refractivity contribution in [3.63, 3.8) is 0 Å². The zero-order chi connectivity index (χ0) is 35.6. The van der Waals surface area contributed by atoms with Crippen LogP contribution in [0, 0.1) is 5.92 Å². The molecule has 0 spiro atoms. The van der Waals surface area contributed by atoms with E-state index in [0.29, 0.717) is 23.3 Å². The summed E-state index contributed by atoms with van der Waals surface area (Å²) in [6.45, 7) is 9.86. The summed E-state index contributed by atoms with van der Waals surface area (Å²) in [6, 6.07) is 5.87. The Morgan fingerprint density at radius 2 is 1.76 bits per heavy atom. The zero-order valence-electron chi connectivity index (χ0n) is 28.5. The highest BCUT2D eigenvalue weighted by molar-refractivity contribution is 5.90. The molecule has 49 heavy (non-hydrogen) atoms. The van der Waals surface area contributed by atoms with Crippen molar-refractivity contribution in [3.05, 3.63) is 56.9 Å². The molecule has 3 N–H and O–H groups in total. The van der Waals surface area contributed by atoms with Gasteiger partial charge in [0, 0.05) is 22.6 Å². The average molecular weight is 679 g/mol. The summed E-state index contributed by atoms with van der Waals surface area (Å²) < 4.78 is 23.3. The monoisotopic (exact) mass is 678 g/mol. The van der Waals surface area contributed by atoms with Gasteiger partial charge in [-0.15, -0.1) is 0 Å². The highest BCUT2D eigenvalue weighted by atomic mass is 16.7. The highest BCUT2D eigenvalue weighted by Gasteiger charge is 2.51. The second kappa shape index (κ2) is 14.2. The van der Waals surface area contributed by atoms with Gasteiger partial charge in [-0.3, -0.25) is 14.4 Å². The number of hydrogen-bond acceptors (Lipinski definition) is 11. The van der Waals surface area contributed by atoms with Crippen LogP contribution >= 0.6 is 0 Å². The Balaban J connectivity index is 1.37. The van der Waals surface area contributed by atoms with Gasteiger partial charge in [-0.25, -0.2) is 14.6 Å². The van der Waals surface area contributed by atoms with Crippen LogP contribution in [0.1, 0.15) is 70.2 Å². The van der Waals surface area contributed by atoms with Crippen molar-refractivity contribution in [1.29, 1.82) is 0 Å². The van der Waals surface area contributed by atoms with Gasteiger partial charge in [0.15, 0.2) is 0 Å². The predicted octanol–water partition coefficient (Wildman–Crippen LogP) is 3.19. The SMILES string of the molecule is CCc1c2c(nc3ccc(O)cc13)-c1cc3c(c(=O)n1C2)COC(=O)C3(CC)OC(=O)OCC(NC(=O)COCC(=O)NC(C)C)C(C)C. The molecule has 14 nitrogen and oxygen atoms in total. The van der Waals surface area contributed by atoms with Crippen LogP contribution in [-0.4, -0.2) is 70.5 Å². The first-order valence-electron chi connectivity index (χ1n) is 16.4. The number of phenolic OH excluding ortho intramolecular Hbond substituents is 1. The number of carbonyl (C=O) groups excluding carboxylic acids is 4. The number of fused-ring (bicyclic) bond motifs is 5. The minimum Gasteiger partial charge on any atom is -0.508 e. The molecular formula is C35H42N4O10. The minimum absolute atomic E-state index is 0.0552. The van der Waals surface area contributed by atoms with Gasteiger partial charge in [0.2, 0.25) is 17.4 Å². The fourth-order valence-electron chi connectivity index (χ4n) is 6.29. The minimum atomic E-state index is -1.97. The molecule has 0 saturated heterocycles. The van der Waals surface area contributed by atoms with E-state index in [1.807, 2.05) is 20.8 Å². The van der Waals surface area contributed by atoms with E-state index in [-0.39, 0.29) is 74.1 Å². The van der Waals surface area contributed by atoms with Gasteiger partial charge in [-0.05, 0) is 62.4 Å². The lowest BCUT2D eigenvalue weighted by Crippen LogP contribution is -2.48. The van der Waals surface area contributed by atoms with Crippen LogP contribution in [0.15, 0.2) is 29.1 Å². The number of hydrogen-bond donors (Lipinski definition) is 3. The molecule has 2 aromatic heterocycles. The number of cyclic esters (lactones) is 1. The van der Waals surface area contributed by atoms with Crippen molar-refractivity contribution < 1.29 is 43.2 Å². The first kappa shape index (κ1) is 35.3. The molecule has 0 radical (unpaired) electrons. The lowest BCUT2D eigenvalue weighted by atomic mass is 9.85. The number of pyridine rings is 2. The molecule has 3 aromatic rings. The van der Waals surface area contributed by atoms with Gasteiger partial charge in [0.1, 0.15) is 32.2 Å². The van der Waals surface area contributed by atoms with E-state index in [9.17, 15) is 29.1 Å². The molecule has 2 aliphatic heterocycles. The molecule has 1 aromatic carbocycles. The Hall–Kier alpha value is -4.98. The number of phenols is 1. The average Bonchev–Trinajstić information content (AvgIpc) is 3.41. The molecule has 5 rings (SSSR count). The molecule has 2 unspecified atom stereocenters. The lowest BCUT2D eigenvalue weighted by molar-refractivity contribution is -0.175. The fourth-order valence-corrected chi connectivity index (χ4v) is 6.29. The second-order valence-electron chi connectivity index (χ2n) is 12.8. The quantitative estimate of drug-likeness (QED) is 0.187. The van der Waals surface area contributed by atoms with E-state index >= 15 is 0 Å². The van der Waals surface area contributed by atoms with Gasteiger partial charge in [0.05, 0.1) is 35.1 Å². The molecule has 0 aliphatic carbocycles. The smallest absolute Gasteiger partial charge is 0.508 e. The Bertz CT molecular complexity index is 1870. The first-order chi connectivity index (χ1) is 23.3. The van der Waals surface area contributed by atoms with Gasteiger partial charge < -0.3 is 39.3 Å². The lowest BCUT2D eigenvalue weighted by Gasteiger charge is -2.35. The van der Waals surface area contributed by atoms with Crippen molar-refractivity contribution in [1.82, 2.24) is 20.2 Å². The number of nitrogens with one attached hydrogen (secondary N) is 2. The number of nitrogens with zero attached hydrogens (tertiary/aromatic N) is 2. The number of aromatic hydroxyl groups is 1. The molecular weight excluding hydrogens is 636 g/mol. The number of carbonyl (C=O) groups is 4. The molecule has 2 amide bonds. The summed E-state index contributed by atoms with van der Waals surface area (Å²) in [7, 11) is 0. The van der Waals surface area contributed by atoms with Crippen LogP contribution in [0.25, 0.3) is 22.3 Å². The van der Waals surface area contributed by atoms with Gasteiger partial charge in [-0.1, -0.05) is 27.7 Å². The third kappa shape index (κ3) is 6.95. The standard InChI is InChI=1S/C35H42N4O10/c1-7-21-22-11-20(40)9-10-26(22)38-31-23(21)13-39-28(31)12-25-24(32(39)43)14-47-33(44)35(25,8-2)49-34(45)48-15-27(18(3)4)37-30(42)17-46-16-29(41)36-19(5)6/h9-12,18-19,27,40H,7-8,13-17H2,1-6H3,(H,36,41)(H,37,42). The predicted molar refractivity (Wildman–Crippen MR) is 177 cm³/mol. The van der Waals surface area contributed by atoms with Crippen LogP contribution < -0.4 is 16.2 Å². The summed E-state index contributed by atoms with van der Waals surface area (Å²) in [4.78, 5) is 69.6. The van der Waals surface area contributed by atoms with E-state index in [2.05, 4.69) is 10.6 Å². The van der Waals surface area contributed by atoms with Crippen LogP contribution in [0.3, 0.4) is 0 Å². The first-order valence-corrected chi connectivity index (χ1v) is 16.4. The number of rotatable bonds is 12. The number of amides is 2. The third-order valence-corrected chi connectivity index (χ3v) is 8.82. The van der Waals surface area contributed by atoms with Crippen LogP contribution in [0.2, 0.25) is 0 Å². The Labute approximate surface area is 283 Å². The third-order valence-electron chi connectivity index (χ3n) is 8.82. The Morgan fingerprint density at radius 1 is 1.04 bits per heavy atom. The number of esters is 1. The van der Waals surface area contributed by atoms with E-state index in [1.165, 1.54) is 0 Å². The summed E-state index contributed by atoms with van der Waals surface area (Å²) in [5.41, 5.74) is 1.48. The van der Waals surface area contributed by atoms with Crippen molar-refractivity contribution in [3.8, 4) is 17.1 Å². The second-order valence-corrected chi connectivity index (χ2v) is 12.8. The highest BCUT2D eigenvalue weighted by Crippen LogP contribution is 2.42. The largest absolute Gasteiger partial charge is 0.509 e. The molecule has 0 bridgehead atoms. The Kier molecular flexibility index (Phi) is 10.3. The summed E-state index contributed by atoms with van der Waals surface area (Å²) >= 11 is 0. The summed E-state index contributed by atoms with van der Waals surface area (Å²) in [5, 5.41) is 16.3. The van der Waals surface area contributed by atoms with Gasteiger partial charge in [-0.2, -0.15) is 0 Å². The maximum atomic E-state index is 13.9. The zero-order valence-corrected chi connectivity index (χ0v) is 28.5. The molecule has 0 fully saturated rings. The number of aromatic nitrogens is 2. The van der Waals surface area contributed by atoms with Crippen molar-refractivity contribution in [2.75, 3.05) is 19.8 Å². The normalized spacial score (nSPS) is 16.9. The number of ether oxygens (including phenoxy) is 4.